The molecule has 2 heterocycles. The summed E-state index contributed by atoms with van der Waals surface area (Å²) in [7, 11) is -4.35. The Labute approximate surface area is 220 Å². The van der Waals surface area contributed by atoms with Gasteiger partial charge in [0.15, 0.2) is 0 Å². The number of imide groups is 1. The summed E-state index contributed by atoms with van der Waals surface area (Å²) in [5, 5.41) is 11.5. The van der Waals surface area contributed by atoms with E-state index in [0.717, 1.165) is 14.9 Å². The van der Waals surface area contributed by atoms with Gasteiger partial charge in [-0.2, -0.15) is 0 Å². The number of nitro groups is 1. The van der Waals surface area contributed by atoms with E-state index in [4.69, 9.17) is 23.2 Å². The Hall–Kier alpha value is -3.80. The number of carbonyl (C=O) groups is 2. The number of amides is 2. The second-order valence-corrected chi connectivity index (χ2v) is 10.8. The molecule has 3 aromatic carbocycles. The van der Waals surface area contributed by atoms with Gasteiger partial charge in [-0.25, -0.2) is 17.4 Å². The number of hydrogen-bond donors (Lipinski definition) is 0. The molecule has 0 fully saturated rings. The first-order chi connectivity index (χ1) is 17.6. The summed E-state index contributed by atoms with van der Waals surface area (Å²) in [5.74, 6) is -0.745. The number of benzene rings is 3. The fraction of sp³-hybridized carbons (Fsp3) is 0.125. The minimum atomic E-state index is -4.35. The maximum atomic E-state index is 13.7. The number of fused-ring (bicyclic) bond motifs is 2. The van der Waals surface area contributed by atoms with Crippen molar-refractivity contribution in [2.75, 3.05) is 6.54 Å². The van der Waals surface area contributed by atoms with Crippen LogP contribution in [-0.2, 0) is 16.4 Å². The van der Waals surface area contributed by atoms with E-state index >= 15 is 0 Å². The number of nitrogens with zero attached hydrogens (tertiary/aromatic N) is 4. The van der Waals surface area contributed by atoms with E-state index in [1.807, 2.05) is 0 Å². The van der Waals surface area contributed by atoms with Crippen molar-refractivity contribution in [2.45, 2.75) is 17.7 Å². The third kappa shape index (κ3) is 4.24. The number of aryl methyl sites for hydroxylation is 1. The lowest BCUT2D eigenvalue weighted by Gasteiger charge is -2.14. The monoisotopic (exact) mass is 558 g/mol. The van der Waals surface area contributed by atoms with Gasteiger partial charge in [0, 0.05) is 25.1 Å². The zero-order valence-electron chi connectivity index (χ0n) is 18.8. The van der Waals surface area contributed by atoms with E-state index in [9.17, 15) is 28.1 Å². The highest BCUT2D eigenvalue weighted by atomic mass is 35.5. The van der Waals surface area contributed by atoms with Crippen LogP contribution in [0.1, 0.15) is 33.0 Å². The number of nitro benzene ring substituents is 1. The van der Waals surface area contributed by atoms with Crippen LogP contribution in [0, 0.1) is 10.1 Å². The van der Waals surface area contributed by atoms with Crippen LogP contribution in [0.3, 0.4) is 0 Å². The number of aromatic nitrogens is 2. The predicted octanol–water partition coefficient (Wildman–Crippen LogP) is 4.72. The van der Waals surface area contributed by atoms with Crippen molar-refractivity contribution in [1.29, 1.82) is 0 Å². The third-order valence-electron chi connectivity index (χ3n) is 5.95. The molecule has 0 aliphatic carbocycles. The molecule has 0 N–H and O–H groups in total. The molecule has 0 atom stereocenters. The van der Waals surface area contributed by atoms with Crippen molar-refractivity contribution < 1.29 is 22.9 Å². The highest BCUT2D eigenvalue weighted by Gasteiger charge is 2.35. The largest absolute Gasteiger partial charge is 0.274 e. The zero-order chi connectivity index (χ0) is 26.5. The minimum absolute atomic E-state index is 0.0356. The maximum Gasteiger partial charge on any atom is 0.270 e. The number of halogens is 2. The maximum absolute atomic E-state index is 13.7. The molecule has 13 heteroatoms. The van der Waals surface area contributed by atoms with E-state index in [-0.39, 0.29) is 51.2 Å². The standard InChI is InChI=1S/C24H16Cl2N4O6S/c25-18-12-20-21(13-19(18)26)29(37(35,36)15-6-3-5-14(11-15)30(33)34)22(27-20)9-4-10-28-23(31)16-7-1-2-8-17(16)24(28)32/h1-3,5-8,11-13H,4,9-10H2. The Balaban J connectivity index is 1.51. The topological polar surface area (TPSA) is 132 Å². The van der Waals surface area contributed by atoms with Crippen molar-refractivity contribution in [2.24, 2.45) is 0 Å². The molecule has 0 saturated carbocycles. The Kier molecular flexibility index (Phi) is 6.22. The molecule has 0 unspecified atom stereocenters. The summed E-state index contributed by atoms with van der Waals surface area (Å²) in [6.45, 7) is 0.0356. The van der Waals surface area contributed by atoms with Gasteiger partial charge in [-0.3, -0.25) is 24.6 Å². The number of non-ortho nitro benzene ring substituents is 1. The van der Waals surface area contributed by atoms with E-state index in [1.54, 1.807) is 24.3 Å². The molecular formula is C24H16Cl2N4O6S. The quantitative estimate of drug-likeness (QED) is 0.182. The van der Waals surface area contributed by atoms with Gasteiger partial charge < -0.3 is 0 Å². The average Bonchev–Trinajstić information content (AvgIpc) is 3.34. The van der Waals surface area contributed by atoms with E-state index in [1.165, 1.54) is 30.3 Å². The van der Waals surface area contributed by atoms with Gasteiger partial charge in [0.25, 0.3) is 27.5 Å². The van der Waals surface area contributed by atoms with Crippen LogP contribution < -0.4 is 0 Å². The summed E-state index contributed by atoms with van der Waals surface area (Å²) in [6.07, 6.45) is 0.270. The van der Waals surface area contributed by atoms with Crippen molar-refractivity contribution in [3.8, 4) is 0 Å². The van der Waals surface area contributed by atoms with Gasteiger partial charge in [0.2, 0.25) is 0 Å². The summed E-state index contributed by atoms with van der Waals surface area (Å²) in [5.41, 5.74) is 0.629. The first kappa shape index (κ1) is 24.9. The molecule has 0 radical (unpaired) electrons. The van der Waals surface area contributed by atoms with Crippen molar-refractivity contribution >= 4 is 61.8 Å². The molecule has 4 aromatic rings. The van der Waals surface area contributed by atoms with Crippen LogP contribution in [0.15, 0.2) is 65.6 Å². The number of carbonyl (C=O) groups excluding carboxylic acids is 2. The Morgan fingerprint density at radius 3 is 2.22 bits per heavy atom. The smallest absolute Gasteiger partial charge is 0.270 e. The average molecular weight is 559 g/mol. The molecule has 188 valence electrons. The lowest BCUT2D eigenvalue weighted by atomic mass is 10.1. The van der Waals surface area contributed by atoms with Gasteiger partial charge in [0.05, 0.1) is 42.0 Å². The Bertz CT molecular complexity index is 1700. The minimum Gasteiger partial charge on any atom is -0.274 e. The lowest BCUT2D eigenvalue weighted by Crippen LogP contribution is -2.31. The molecule has 5 rings (SSSR count). The Morgan fingerprint density at radius 2 is 1.57 bits per heavy atom. The molecule has 1 aromatic heterocycles. The van der Waals surface area contributed by atoms with Crippen LogP contribution in [-0.4, -0.2) is 45.6 Å². The van der Waals surface area contributed by atoms with Gasteiger partial charge >= 0.3 is 0 Å². The molecule has 1 aliphatic rings. The first-order valence-electron chi connectivity index (χ1n) is 10.9. The molecule has 37 heavy (non-hydrogen) atoms. The van der Waals surface area contributed by atoms with Gasteiger partial charge in [-0.05, 0) is 36.8 Å². The van der Waals surface area contributed by atoms with Crippen LogP contribution in [0.2, 0.25) is 10.0 Å². The second kappa shape index (κ2) is 9.25. The Morgan fingerprint density at radius 1 is 0.919 bits per heavy atom. The van der Waals surface area contributed by atoms with Crippen LogP contribution >= 0.6 is 23.2 Å². The summed E-state index contributed by atoms with van der Waals surface area (Å²) in [4.78, 5) is 41.1. The summed E-state index contributed by atoms with van der Waals surface area (Å²) in [6, 6.07) is 13.9. The third-order valence-corrected chi connectivity index (χ3v) is 8.41. The summed E-state index contributed by atoms with van der Waals surface area (Å²) >= 11 is 12.3. The van der Waals surface area contributed by atoms with Gasteiger partial charge in [-0.1, -0.05) is 41.4 Å². The normalized spacial score (nSPS) is 13.4. The van der Waals surface area contributed by atoms with Gasteiger partial charge in [0.1, 0.15) is 5.82 Å². The molecule has 2 amide bonds. The van der Waals surface area contributed by atoms with Crippen molar-refractivity contribution in [3.05, 3.63) is 97.8 Å². The molecule has 0 spiro atoms. The predicted molar refractivity (Wildman–Crippen MR) is 136 cm³/mol. The van der Waals surface area contributed by atoms with E-state index < -0.39 is 32.4 Å². The number of hydrogen-bond acceptors (Lipinski definition) is 7. The second-order valence-electron chi connectivity index (χ2n) is 8.22. The van der Waals surface area contributed by atoms with E-state index in [2.05, 4.69) is 4.98 Å². The number of rotatable bonds is 7. The molecular weight excluding hydrogens is 543 g/mol. The SMILES string of the molecule is O=C1c2ccccc2C(=O)N1CCCc1nc2cc(Cl)c(Cl)cc2n1S(=O)(=O)c1cccc([N+](=O)[O-])c1. The van der Waals surface area contributed by atoms with Crippen molar-refractivity contribution in [1.82, 2.24) is 13.9 Å². The van der Waals surface area contributed by atoms with E-state index in [0.29, 0.717) is 11.1 Å². The van der Waals surface area contributed by atoms with Crippen LogP contribution in [0.4, 0.5) is 5.69 Å². The molecule has 0 bridgehead atoms. The van der Waals surface area contributed by atoms with Crippen LogP contribution in [0.25, 0.3) is 11.0 Å². The van der Waals surface area contributed by atoms with Crippen molar-refractivity contribution in [3.63, 3.8) is 0 Å². The molecule has 10 nitrogen and oxygen atoms in total. The fourth-order valence-electron chi connectivity index (χ4n) is 4.23. The van der Waals surface area contributed by atoms with Gasteiger partial charge in [-0.15, -0.1) is 0 Å². The summed E-state index contributed by atoms with van der Waals surface area (Å²) < 4.78 is 28.3. The first-order valence-corrected chi connectivity index (χ1v) is 13.1. The highest BCUT2D eigenvalue weighted by molar-refractivity contribution is 7.90. The van der Waals surface area contributed by atoms with Crippen LogP contribution in [0.5, 0.6) is 0 Å². The highest BCUT2D eigenvalue weighted by Crippen LogP contribution is 2.32. The fourth-order valence-corrected chi connectivity index (χ4v) is 6.09. The molecule has 0 saturated heterocycles. The number of imidazole rings is 1. The molecule has 1 aliphatic heterocycles. The zero-order valence-corrected chi connectivity index (χ0v) is 21.1. The lowest BCUT2D eigenvalue weighted by molar-refractivity contribution is -0.385.